The van der Waals surface area contributed by atoms with Crippen LogP contribution in [0.25, 0.3) is 11.3 Å². The number of amides is 2. The number of halogens is 1. The Morgan fingerprint density at radius 2 is 1.53 bits per heavy atom. The van der Waals surface area contributed by atoms with Crippen molar-refractivity contribution in [3.8, 4) is 11.3 Å². The van der Waals surface area contributed by atoms with Crippen molar-refractivity contribution in [2.75, 3.05) is 51.1 Å². The molecule has 2 fully saturated rings. The van der Waals surface area contributed by atoms with Gasteiger partial charge in [-0.25, -0.2) is 9.97 Å². The topological polar surface area (TPSA) is 81.7 Å². The first-order chi connectivity index (χ1) is 17.5. The summed E-state index contributed by atoms with van der Waals surface area (Å²) >= 11 is 2.28. The van der Waals surface area contributed by atoms with Crippen molar-refractivity contribution in [3.05, 3.63) is 69.9 Å². The highest BCUT2D eigenvalue weighted by atomic mass is 127. The highest BCUT2D eigenvalue weighted by Gasteiger charge is 2.25. The summed E-state index contributed by atoms with van der Waals surface area (Å²) in [5.74, 6) is 0.733. The van der Waals surface area contributed by atoms with E-state index in [4.69, 9.17) is 0 Å². The Hall–Kier alpha value is -3.05. The second-order valence-corrected chi connectivity index (χ2v) is 10.4. The summed E-state index contributed by atoms with van der Waals surface area (Å²) in [6, 6.07) is 17.5. The number of carbonyl (C=O) groups is 2. The molecular weight excluding hydrogens is 567 g/mol. The minimum atomic E-state index is 0.0176. The third-order valence-corrected chi connectivity index (χ3v) is 7.38. The molecular formula is C27H29IN6O2. The molecule has 0 aliphatic carbocycles. The number of benzene rings is 2. The summed E-state index contributed by atoms with van der Waals surface area (Å²) in [6.07, 6.45) is 3.95. The van der Waals surface area contributed by atoms with Gasteiger partial charge in [0, 0.05) is 65.8 Å². The molecule has 186 valence electrons. The molecule has 2 saturated heterocycles. The Balaban J connectivity index is 1.15. The average molecular weight is 596 g/mol. The Bertz CT molecular complexity index is 1200. The number of aromatic nitrogens is 2. The number of hydrogen-bond acceptors (Lipinski definition) is 6. The van der Waals surface area contributed by atoms with Gasteiger partial charge in [0.1, 0.15) is 0 Å². The minimum Gasteiger partial charge on any atom is -0.342 e. The van der Waals surface area contributed by atoms with Crippen LogP contribution < -0.4 is 5.32 Å². The lowest BCUT2D eigenvalue weighted by Crippen LogP contribution is -2.51. The fraction of sp³-hybridized carbons (Fsp3) is 0.333. The maximum atomic E-state index is 13.0. The molecule has 1 N–H and O–H groups in total. The van der Waals surface area contributed by atoms with Crippen LogP contribution in [0.2, 0.25) is 0 Å². The number of piperazine rings is 1. The summed E-state index contributed by atoms with van der Waals surface area (Å²) in [7, 11) is 0. The van der Waals surface area contributed by atoms with Gasteiger partial charge in [-0.2, -0.15) is 0 Å². The van der Waals surface area contributed by atoms with Crippen molar-refractivity contribution in [1.82, 2.24) is 24.7 Å². The molecule has 2 amide bonds. The first kappa shape index (κ1) is 24.6. The zero-order valence-corrected chi connectivity index (χ0v) is 22.2. The molecule has 3 heterocycles. The molecule has 0 bridgehead atoms. The van der Waals surface area contributed by atoms with E-state index in [1.54, 1.807) is 6.20 Å². The average Bonchev–Trinajstić information content (AvgIpc) is 3.45. The predicted octanol–water partition coefficient (Wildman–Crippen LogP) is 3.87. The molecule has 36 heavy (non-hydrogen) atoms. The van der Waals surface area contributed by atoms with E-state index in [-0.39, 0.29) is 11.8 Å². The van der Waals surface area contributed by atoms with Gasteiger partial charge in [0.25, 0.3) is 5.91 Å². The number of anilines is 2. The molecule has 0 radical (unpaired) electrons. The highest BCUT2D eigenvalue weighted by Crippen LogP contribution is 2.21. The molecule has 0 unspecified atom stereocenters. The first-order valence-corrected chi connectivity index (χ1v) is 13.4. The standard InChI is InChI=1S/C27H29IN6O2/c28-22-7-3-20(4-8-22)24-11-12-29-27(31-24)30-23-9-5-21(6-10-23)26(36)34-17-15-32(16-18-34)19-25(35)33-13-1-2-14-33/h3-12H,1-2,13-19H2,(H,29,30,31). The van der Waals surface area contributed by atoms with E-state index >= 15 is 0 Å². The number of nitrogens with zero attached hydrogens (tertiary/aromatic N) is 5. The summed E-state index contributed by atoms with van der Waals surface area (Å²) in [6.45, 7) is 4.92. The smallest absolute Gasteiger partial charge is 0.253 e. The maximum Gasteiger partial charge on any atom is 0.253 e. The monoisotopic (exact) mass is 596 g/mol. The Morgan fingerprint density at radius 1 is 0.833 bits per heavy atom. The highest BCUT2D eigenvalue weighted by molar-refractivity contribution is 14.1. The first-order valence-electron chi connectivity index (χ1n) is 12.3. The van der Waals surface area contributed by atoms with Crippen LogP contribution in [0.5, 0.6) is 0 Å². The van der Waals surface area contributed by atoms with Crippen LogP contribution in [0.1, 0.15) is 23.2 Å². The Labute approximate surface area is 224 Å². The van der Waals surface area contributed by atoms with Gasteiger partial charge in [-0.05, 0) is 77.9 Å². The second kappa shape index (κ2) is 11.3. The summed E-state index contributed by atoms with van der Waals surface area (Å²) in [4.78, 5) is 40.4. The molecule has 2 aliphatic rings. The summed E-state index contributed by atoms with van der Waals surface area (Å²) in [5.41, 5.74) is 3.34. The van der Waals surface area contributed by atoms with E-state index in [2.05, 4.69) is 54.9 Å². The minimum absolute atomic E-state index is 0.0176. The van der Waals surface area contributed by atoms with Gasteiger partial charge >= 0.3 is 0 Å². The molecule has 8 nitrogen and oxygen atoms in total. The molecule has 2 aliphatic heterocycles. The van der Waals surface area contributed by atoms with Gasteiger partial charge in [-0.15, -0.1) is 0 Å². The molecule has 3 aromatic rings. The zero-order chi connectivity index (χ0) is 24.9. The summed E-state index contributed by atoms with van der Waals surface area (Å²) < 4.78 is 1.17. The molecule has 0 saturated carbocycles. The fourth-order valence-corrected chi connectivity index (χ4v) is 4.93. The van der Waals surface area contributed by atoms with Gasteiger partial charge in [-0.1, -0.05) is 12.1 Å². The van der Waals surface area contributed by atoms with Crippen LogP contribution in [-0.4, -0.2) is 82.3 Å². The normalized spacial score (nSPS) is 16.2. The van der Waals surface area contributed by atoms with Crippen molar-refractivity contribution in [1.29, 1.82) is 0 Å². The van der Waals surface area contributed by atoms with Gasteiger partial charge in [0.15, 0.2) is 0 Å². The van der Waals surface area contributed by atoms with E-state index < -0.39 is 0 Å². The summed E-state index contributed by atoms with van der Waals surface area (Å²) in [5, 5.41) is 3.23. The molecule has 9 heteroatoms. The molecule has 1 aromatic heterocycles. The van der Waals surface area contributed by atoms with Gasteiger partial charge < -0.3 is 15.1 Å². The zero-order valence-electron chi connectivity index (χ0n) is 20.1. The number of hydrogen-bond donors (Lipinski definition) is 1. The Kier molecular flexibility index (Phi) is 7.76. The van der Waals surface area contributed by atoms with Gasteiger partial charge in [0.05, 0.1) is 12.2 Å². The van der Waals surface area contributed by atoms with Crippen LogP contribution in [0.4, 0.5) is 11.6 Å². The third kappa shape index (κ3) is 6.01. The second-order valence-electron chi connectivity index (χ2n) is 9.13. The van der Waals surface area contributed by atoms with Crippen molar-refractivity contribution in [2.45, 2.75) is 12.8 Å². The van der Waals surface area contributed by atoms with E-state index in [9.17, 15) is 9.59 Å². The van der Waals surface area contributed by atoms with Crippen molar-refractivity contribution < 1.29 is 9.59 Å². The lowest BCUT2D eigenvalue weighted by molar-refractivity contribution is -0.131. The van der Waals surface area contributed by atoms with E-state index in [1.807, 2.05) is 52.3 Å². The van der Waals surface area contributed by atoms with Gasteiger partial charge in [-0.3, -0.25) is 14.5 Å². The van der Waals surface area contributed by atoms with E-state index in [0.29, 0.717) is 31.1 Å². The van der Waals surface area contributed by atoms with Crippen molar-refractivity contribution >= 4 is 46.0 Å². The molecule has 0 atom stereocenters. The van der Waals surface area contributed by atoms with Crippen LogP contribution >= 0.6 is 22.6 Å². The number of likely N-dealkylation sites (tertiary alicyclic amines) is 1. The van der Waals surface area contributed by atoms with Gasteiger partial charge in [0.2, 0.25) is 11.9 Å². The number of carbonyl (C=O) groups excluding carboxylic acids is 2. The van der Waals surface area contributed by atoms with Crippen molar-refractivity contribution in [2.24, 2.45) is 0 Å². The van der Waals surface area contributed by atoms with E-state index in [1.165, 1.54) is 3.57 Å². The van der Waals surface area contributed by atoms with Crippen molar-refractivity contribution in [3.63, 3.8) is 0 Å². The number of nitrogens with one attached hydrogen (secondary N) is 1. The maximum absolute atomic E-state index is 13.0. The largest absolute Gasteiger partial charge is 0.342 e. The Morgan fingerprint density at radius 3 is 2.22 bits per heavy atom. The molecule has 2 aromatic carbocycles. The quantitative estimate of drug-likeness (QED) is 0.436. The van der Waals surface area contributed by atoms with Crippen LogP contribution in [-0.2, 0) is 4.79 Å². The lowest BCUT2D eigenvalue weighted by atomic mass is 10.1. The van der Waals surface area contributed by atoms with Crippen LogP contribution in [0, 0.1) is 3.57 Å². The third-order valence-electron chi connectivity index (χ3n) is 6.66. The molecule has 0 spiro atoms. The fourth-order valence-electron chi connectivity index (χ4n) is 4.58. The predicted molar refractivity (Wildman–Crippen MR) is 148 cm³/mol. The van der Waals surface area contributed by atoms with Crippen LogP contribution in [0.15, 0.2) is 60.8 Å². The lowest BCUT2D eigenvalue weighted by Gasteiger charge is -2.35. The molecule has 5 rings (SSSR count). The number of rotatable bonds is 6. The SMILES string of the molecule is O=C(CN1CCN(C(=O)c2ccc(Nc3nccc(-c4ccc(I)cc4)n3)cc2)CC1)N1CCCC1. The van der Waals surface area contributed by atoms with E-state index in [0.717, 1.165) is 56.0 Å². The van der Waals surface area contributed by atoms with Crippen LogP contribution in [0.3, 0.4) is 0 Å².